The summed E-state index contributed by atoms with van der Waals surface area (Å²) >= 11 is 1.65. The third-order valence-electron chi connectivity index (χ3n) is 3.14. The van der Waals surface area contributed by atoms with Crippen LogP contribution < -0.4 is 0 Å². The van der Waals surface area contributed by atoms with E-state index in [9.17, 15) is 9.59 Å². The average molecular weight is 280 g/mol. The number of methoxy groups -OCH3 is 1. The maximum atomic E-state index is 11.4. The third kappa shape index (κ3) is 2.92. The molecule has 102 valence electrons. The molecule has 1 aromatic rings. The Labute approximate surface area is 116 Å². The molecule has 0 aliphatic carbocycles. The fraction of sp³-hybridized carbons (Fsp3) is 0.429. The van der Waals surface area contributed by atoms with Gasteiger partial charge in [-0.1, -0.05) is 18.2 Å². The summed E-state index contributed by atoms with van der Waals surface area (Å²) in [6.07, 6.45) is 0.682. The first-order valence-electron chi connectivity index (χ1n) is 6.06. The molecule has 1 aromatic carbocycles. The quantitative estimate of drug-likeness (QED) is 0.793. The molecule has 19 heavy (non-hydrogen) atoms. The van der Waals surface area contributed by atoms with Crippen LogP contribution in [0.15, 0.2) is 29.2 Å². The summed E-state index contributed by atoms with van der Waals surface area (Å²) in [7, 11) is 1.36. The van der Waals surface area contributed by atoms with Gasteiger partial charge in [0.25, 0.3) is 0 Å². The number of carbonyl (C=O) groups excluding carboxylic acids is 2. The molecular weight excluding hydrogens is 264 g/mol. The van der Waals surface area contributed by atoms with Gasteiger partial charge in [0, 0.05) is 36.0 Å². The number of ether oxygens (including phenoxy) is 2. The van der Waals surface area contributed by atoms with Crippen molar-refractivity contribution < 1.29 is 19.1 Å². The lowest BCUT2D eigenvalue weighted by atomic mass is 9.90. The first-order valence-corrected chi connectivity index (χ1v) is 7.05. The van der Waals surface area contributed by atoms with Crippen molar-refractivity contribution in [3.8, 4) is 0 Å². The van der Waals surface area contributed by atoms with E-state index in [1.165, 1.54) is 14.0 Å². The van der Waals surface area contributed by atoms with Crippen molar-refractivity contribution in [2.75, 3.05) is 12.9 Å². The second-order valence-electron chi connectivity index (χ2n) is 4.45. The fourth-order valence-electron chi connectivity index (χ4n) is 2.26. The number of esters is 2. The lowest BCUT2D eigenvalue weighted by Gasteiger charge is -2.28. The van der Waals surface area contributed by atoms with Gasteiger partial charge in [-0.25, -0.2) is 0 Å². The van der Waals surface area contributed by atoms with Crippen LogP contribution in [0, 0.1) is 0 Å². The number of rotatable bonds is 4. The van der Waals surface area contributed by atoms with Gasteiger partial charge < -0.3 is 9.47 Å². The maximum Gasteiger partial charge on any atom is 0.305 e. The minimum absolute atomic E-state index is 0.235. The van der Waals surface area contributed by atoms with Crippen LogP contribution in [0.4, 0.5) is 0 Å². The number of benzene rings is 1. The van der Waals surface area contributed by atoms with Crippen LogP contribution in [0.5, 0.6) is 0 Å². The Morgan fingerprint density at radius 1 is 1.37 bits per heavy atom. The van der Waals surface area contributed by atoms with Gasteiger partial charge in [0.15, 0.2) is 0 Å². The van der Waals surface area contributed by atoms with E-state index in [4.69, 9.17) is 4.74 Å². The Hall–Kier alpha value is -1.49. The number of fused-ring (bicyclic) bond motifs is 1. The zero-order valence-electron chi connectivity index (χ0n) is 11.0. The second kappa shape index (κ2) is 5.65. The van der Waals surface area contributed by atoms with E-state index in [0.29, 0.717) is 12.2 Å². The van der Waals surface area contributed by atoms with Crippen molar-refractivity contribution in [1.29, 1.82) is 0 Å². The summed E-state index contributed by atoms with van der Waals surface area (Å²) in [6.45, 7) is 1.39. The first-order chi connectivity index (χ1) is 9.07. The normalized spacial score (nSPS) is 20.7. The van der Waals surface area contributed by atoms with Crippen molar-refractivity contribution in [2.45, 2.75) is 30.3 Å². The minimum Gasteiger partial charge on any atom is -0.469 e. The zero-order valence-corrected chi connectivity index (χ0v) is 11.8. The van der Waals surface area contributed by atoms with Gasteiger partial charge in [0.05, 0.1) is 7.11 Å². The van der Waals surface area contributed by atoms with E-state index in [1.807, 2.05) is 24.3 Å². The van der Waals surface area contributed by atoms with Crippen molar-refractivity contribution in [3.05, 3.63) is 29.8 Å². The summed E-state index contributed by atoms with van der Waals surface area (Å²) in [4.78, 5) is 23.8. The third-order valence-corrected chi connectivity index (χ3v) is 4.42. The van der Waals surface area contributed by atoms with Crippen molar-refractivity contribution >= 4 is 23.7 Å². The SMILES string of the molecule is COC(=O)CCC1(OC(C)=O)CSc2ccccc21. The average Bonchev–Trinajstić information content (AvgIpc) is 2.75. The largest absolute Gasteiger partial charge is 0.469 e. The van der Waals surface area contributed by atoms with Crippen LogP contribution in [-0.2, 0) is 24.7 Å². The number of hydrogen-bond acceptors (Lipinski definition) is 5. The van der Waals surface area contributed by atoms with Crippen LogP contribution in [0.25, 0.3) is 0 Å². The van der Waals surface area contributed by atoms with Crippen LogP contribution in [0.3, 0.4) is 0 Å². The molecule has 1 heterocycles. The highest BCUT2D eigenvalue weighted by Gasteiger charge is 2.42. The Balaban J connectivity index is 2.27. The lowest BCUT2D eigenvalue weighted by Crippen LogP contribution is -2.32. The molecule has 5 heteroatoms. The molecule has 0 saturated carbocycles. The lowest BCUT2D eigenvalue weighted by molar-refractivity contribution is -0.159. The van der Waals surface area contributed by atoms with Crippen LogP contribution in [0.2, 0.25) is 0 Å². The van der Waals surface area contributed by atoms with Gasteiger partial charge in [0.1, 0.15) is 5.60 Å². The Kier molecular flexibility index (Phi) is 4.14. The number of carbonyl (C=O) groups is 2. The van der Waals surface area contributed by atoms with Crippen molar-refractivity contribution in [3.63, 3.8) is 0 Å². The van der Waals surface area contributed by atoms with Crippen molar-refractivity contribution in [1.82, 2.24) is 0 Å². The van der Waals surface area contributed by atoms with E-state index >= 15 is 0 Å². The van der Waals surface area contributed by atoms with E-state index in [1.54, 1.807) is 11.8 Å². The molecule has 1 aliphatic rings. The molecule has 0 fully saturated rings. The van der Waals surface area contributed by atoms with Gasteiger partial charge >= 0.3 is 11.9 Å². The molecule has 1 atom stereocenters. The molecule has 0 aromatic heterocycles. The molecular formula is C14H16O4S. The highest BCUT2D eigenvalue weighted by atomic mass is 32.2. The number of hydrogen-bond donors (Lipinski definition) is 0. The van der Waals surface area contributed by atoms with Crippen LogP contribution in [0.1, 0.15) is 25.3 Å². The Morgan fingerprint density at radius 3 is 2.79 bits per heavy atom. The molecule has 1 unspecified atom stereocenters. The number of thioether (sulfide) groups is 1. The van der Waals surface area contributed by atoms with Gasteiger partial charge in [-0.15, -0.1) is 11.8 Å². The highest BCUT2D eigenvalue weighted by Crippen LogP contribution is 2.47. The van der Waals surface area contributed by atoms with Gasteiger partial charge in [-0.2, -0.15) is 0 Å². The maximum absolute atomic E-state index is 11.4. The molecule has 0 bridgehead atoms. The summed E-state index contributed by atoms with van der Waals surface area (Å²) in [5, 5.41) is 0. The molecule has 0 amide bonds. The van der Waals surface area contributed by atoms with Crippen LogP contribution in [-0.4, -0.2) is 24.8 Å². The predicted molar refractivity (Wildman–Crippen MR) is 71.9 cm³/mol. The minimum atomic E-state index is -0.707. The Morgan fingerprint density at radius 2 is 2.11 bits per heavy atom. The molecule has 1 aliphatic heterocycles. The van der Waals surface area contributed by atoms with E-state index < -0.39 is 5.60 Å². The second-order valence-corrected chi connectivity index (χ2v) is 5.47. The summed E-state index contributed by atoms with van der Waals surface area (Å²) in [5.74, 6) is 0.0196. The summed E-state index contributed by atoms with van der Waals surface area (Å²) in [5.41, 5.74) is 0.278. The first kappa shape index (κ1) is 13.9. The fourth-order valence-corrected chi connectivity index (χ4v) is 3.60. The van der Waals surface area contributed by atoms with Gasteiger partial charge in [-0.3, -0.25) is 9.59 Å². The zero-order chi connectivity index (χ0) is 13.9. The standard InChI is InChI=1S/C14H16O4S/c1-10(15)18-14(8-7-13(16)17-2)9-19-12-6-4-3-5-11(12)14/h3-6H,7-9H2,1-2H3. The predicted octanol–water partition coefficient (Wildman–Crippen LogP) is 2.50. The topological polar surface area (TPSA) is 52.6 Å². The van der Waals surface area contributed by atoms with E-state index in [2.05, 4.69) is 4.74 Å². The molecule has 4 nitrogen and oxygen atoms in total. The molecule has 0 N–H and O–H groups in total. The van der Waals surface area contributed by atoms with Gasteiger partial charge in [0.2, 0.25) is 0 Å². The highest BCUT2D eigenvalue weighted by molar-refractivity contribution is 7.99. The smallest absolute Gasteiger partial charge is 0.305 e. The molecule has 2 rings (SSSR count). The molecule has 0 radical (unpaired) electrons. The van der Waals surface area contributed by atoms with Gasteiger partial charge in [-0.05, 0) is 6.07 Å². The summed E-state index contributed by atoms with van der Waals surface area (Å²) < 4.78 is 10.2. The molecule has 0 saturated heterocycles. The monoisotopic (exact) mass is 280 g/mol. The molecule has 0 spiro atoms. The van der Waals surface area contributed by atoms with E-state index in [-0.39, 0.29) is 18.4 Å². The Bertz CT molecular complexity index is 500. The van der Waals surface area contributed by atoms with Crippen molar-refractivity contribution in [2.24, 2.45) is 0 Å². The van der Waals surface area contributed by atoms with Crippen LogP contribution >= 0.6 is 11.8 Å². The van der Waals surface area contributed by atoms with E-state index in [0.717, 1.165) is 10.5 Å². The summed E-state index contributed by atoms with van der Waals surface area (Å²) in [6, 6.07) is 7.83.